The van der Waals surface area contributed by atoms with E-state index in [0.29, 0.717) is 16.7 Å². The fraction of sp³-hybridized carbons (Fsp3) is 0.214. The number of carbonyl (C=O) groups is 2. The smallest absolute Gasteiger partial charge is 0.356 e. The van der Waals surface area contributed by atoms with E-state index in [1.165, 1.54) is 6.92 Å². The first kappa shape index (κ1) is 15.5. The molecule has 1 aromatic heterocycles. The maximum absolute atomic E-state index is 11.5. The predicted octanol–water partition coefficient (Wildman–Crippen LogP) is 3.33. The highest BCUT2D eigenvalue weighted by Gasteiger charge is 2.22. The lowest BCUT2D eigenvalue weighted by Crippen LogP contribution is -2.16. The highest BCUT2D eigenvalue weighted by molar-refractivity contribution is 7.17. The molecule has 0 radical (unpaired) electrons. The van der Waals surface area contributed by atoms with Crippen LogP contribution in [0.25, 0.3) is 0 Å². The number of hydrogen-bond acceptors (Lipinski definition) is 5. The van der Waals surface area contributed by atoms with Gasteiger partial charge < -0.3 is 10.0 Å². The molecule has 0 bridgehead atoms. The summed E-state index contributed by atoms with van der Waals surface area (Å²) in [6, 6.07) is 7.37. The number of carbonyl (C=O) groups excluding carboxylic acids is 1. The summed E-state index contributed by atoms with van der Waals surface area (Å²) < 4.78 is 0. The van der Waals surface area contributed by atoms with Crippen molar-refractivity contribution in [1.82, 2.24) is 4.98 Å². The van der Waals surface area contributed by atoms with Crippen LogP contribution in [0.2, 0.25) is 5.02 Å². The number of hydrogen-bond donors (Lipinski definition) is 1. The largest absolute Gasteiger partial charge is 0.476 e. The Balaban J connectivity index is 2.27. The average Bonchev–Trinajstić information content (AvgIpc) is 2.84. The first-order valence-electron chi connectivity index (χ1n) is 6.09. The number of rotatable bonds is 5. The normalized spacial score (nSPS) is 10.4. The van der Waals surface area contributed by atoms with Crippen molar-refractivity contribution in [2.45, 2.75) is 13.5 Å². The van der Waals surface area contributed by atoms with Gasteiger partial charge in [-0.15, -0.1) is 0 Å². The monoisotopic (exact) mass is 324 g/mol. The summed E-state index contributed by atoms with van der Waals surface area (Å²) in [5.41, 5.74) is 0.780. The summed E-state index contributed by atoms with van der Waals surface area (Å²) in [7, 11) is 1.79. The number of anilines is 1. The van der Waals surface area contributed by atoms with Crippen LogP contribution in [0, 0.1) is 0 Å². The van der Waals surface area contributed by atoms with E-state index in [2.05, 4.69) is 4.98 Å². The molecule has 21 heavy (non-hydrogen) atoms. The zero-order valence-electron chi connectivity index (χ0n) is 11.5. The van der Waals surface area contributed by atoms with Crippen molar-refractivity contribution >= 4 is 39.8 Å². The molecule has 0 aliphatic carbocycles. The molecule has 0 fully saturated rings. The molecule has 7 heteroatoms. The quantitative estimate of drug-likeness (QED) is 0.854. The Kier molecular flexibility index (Phi) is 4.59. The van der Waals surface area contributed by atoms with E-state index < -0.39 is 5.97 Å². The molecule has 2 aromatic rings. The van der Waals surface area contributed by atoms with Crippen molar-refractivity contribution in [3.8, 4) is 0 Å². The van der Waals surface area contributed by atoms with Crippen LogP contribution in [-0.4, -0.2) is 28.9 Å². The molecule has 0 saturated carbocycles. The Morgan fingerprint density at radius 2 is 2.14 bits per heavy atom. The molecule has 1 heterocycles. The lowest BCUT2D eigenvalue weighted by atomic mass is 10.2. The average molecular weight is 325 g/mol. The van der Waals surface area contributed by atoms with Crippen molar-refractivity contribution in [2.75, 3.05) is 11.9 Å². The van der Waals surface area contributed by atoms with E-state index >= 15 is 0 Å². The molecule has 0 aliphatic rings. The molecule has 2 rings (SSSR count). The molecular formula is C14H13ClN2O3S. The van der Waals surface area contributed by atoms with E-state index in [9.17, 15) is 9.59 Å². The molecule has 0 amide bonds. The number of aromatic nitrogens is 1. The van der Waals surface area contributed by atoms with Crippen LogP contribution in [-0.2, 0) is 6.54 Å². The standard InChI is InChI=1S/C14H13ClN2O3S/c1-8(18)12-11(13(19)20)16-14(21-12)17(2)7-9-4-3-5-10(15)6-9/h3-6H,7H2,1-2H3,(H,19,20). The first-order valence-corrected chi connectivity index (χ1v) is 7.28. The van der Waals surface area contributed by atoms with Gasteiger partial charge in [0.1, 0.15) is 4.88 Å². The Bertz CT molecular complexity index is 668. The second-order valence-electron chi connectivity index (χ2n) is 4.52. The highest BCUT2D eigenvalue weighted by atomic mass is 35.5. The second kappa shape index (κ2) is 6.24. The zero-order chi connectivity index (χ0) is 15.6. The highest BCUT2D eigenvalue weighted by Crippen LogP contribution is 2.27. The van der Waals surface area contributed by atoms with Crippen LogP contribution in [0.5, 0.6) is 0 Å². The van der Waals surface area contributed by atoms with E-state index in [1.807, 2.05) is 18.2 Å². The minimum absolute atomic E-state index is 0.162. The van der Waals surface area contributed by atoms with Crippen LogP contribution in [0.15, 0.2) is 24.3 Å². The Morgan fingerprint density at radius 1 is 1.43 bits per heavy atom. The number of carboxylic acid groups (broad SMARTS) is 1. The third-order valence-electron chi connectivity index (χ3n) is 2.77. The molecule has 1 aromatic carbocycles. The Morgan fingerprint density at radius 3 is 2.67 bits per heavy atom. The number of halogens is 1. The van der Waals surface area contributed by atoms with Crippen LogP contribution >= 0.6 is 22.9 Å². The lowest BCUT2D eigenvalue weighted by molar-refractivity contribution is 0.0687. The Labute approximate surface area is 130 Å². The van der Waals surface area contributed by atoms with Gasteiger partial charge in [0.2, 0.25) is 0 Å². The van der Waals surface area contributed by atoms with Crippen molar-refractivity contribution in [3.63, 3.8) is 0 Å². The molecule has 0 unspecified atom stereocenters. The number of aromatic carboxylic acids is 1. The number of nitrogens with zero attached hydrogens (tertiary/aromatic N) is 2. The summed E-state index contributed by atoms with van der Waals surface area (Å²) in [5.74, 6) is -1.49. The summed E-state index contributed by atoms with van der Waals surface area (Å²) in [4.78, 5) is 28.6. The number of ketones is 1. The summed E-state index contributed by atoms with van der Waals surface area (Å²) in [5, 5.41) is 10.2. The summed E-state index contributed by atoms with van der Waals surface area (Å²) in [6.07, 6.45) is 0. The molecule has 1 N–H and O–H groups in total. The van der Waals surface area contributed by atoms with E-state index in [0.717, 1.165) is 16.9 Å². The second-order valence-corrected chi connectivity index (χ2v) is 5.94. The van der Waals surface area contributed by atoms with Gasteiger partial charge in [-0.25, -0.2) is 9.78 Å². The third kappa shape index (κ3) is 3.59. The minimum atomic E-state index is -1.20. The topological polar surface area (TPSA) is 70.5 Å². The fourth-order valence-electron chi connectivity index (χ4n) is 1.83. The number of thiazole rings is 1. The van der Waals surface area contributed by atoms with Gasteiger partial charge >= 0.3 is 5.97 Å². The van der Waals surface area contributed by atoms with E-state index in [-0.39, 0.29) is 16.4 Å². The number of benzene rings is 1. The molecule has 0 saturated heterocycles. The third-order valence-corrected chi connectivity index (χ3v) is 4.28. The van der Waals surface area contributed by atoms with Gasteiger partial charge in [-0.2, -0.15) is 0 Å². The van der Waals surface area contributed by atoms with Crippen molar-refractivity contribution in [2.24, 2.45) is 0 Å². The predicted molar refractivity (Wildman–Crippen MR) is 82.6 cm³/mol. The Hall–Kier alpha value is -1.92. The molecule has 110 valence electrons. The maximum Gasteiger partial charge on any atom is 0.356 e. The van der Waals surface area contributed by atoms with Gasteiger partial charge in [0.25, 0.3) is 0 Å². The van der Waals surface area contributed by atoms with Crippen molar-refractivity contribution in [1.29, 1.82) is 0 Å². The van der Waals surface area contributed by atoms with Gasteiger partial charge in [0.05, 0.1) is 0 Å². The van der Waals surface area contributed by atoms with Crippen LogP contribution in [0.4, 0.5) is 5.13 Å². The van der Waals surface area contributed by atoms with Gasteiger partial charge in [0, 0.05) is 25.5 Å². The van der Waals surface area contributed by atoms with Gasteiger partial charge in [-0.1, -0.05) is 35.1 Å². The molecule has 0 spiro atoms. The van der Waals surface area contributed by atoms with E-state index in [1.54, 1.807) is 18.0 Å². The van der Waals surface area contributed by atoms with E-state index in [4.69, 9.17) is 16.7 Å². The number of carboxylic acids is 1. The summed E-state index contributed by atoms with van der Waals surface area (Å²) in [6.45, 7) is 1.85. The number of Topliss-reactive ketones (excluding diaryl/α,β-unsaturated/α-hetero) is 1. The first-order chi connectivity index (χ1) is 9.88. The molecule has 5 nitrogen and oxygen atoms in total. The molecule has 0 aliphatic heterocycles. The molecular weight excluding hydrogens is 312 g/mol. The SMILES string of the molecule is CC(=O)c1sc(N(C)Cc2cccc(Cl)c2)nc1C(=O)O. The van der Waals surface area contributed by atoms with Crippen LogP contribution in [0.1, 0.15) is 32.6 Å². The maximum atomic E-state index is 11.5. The van der Waals surface area contributed by atoms with Gasteiger partial charge in [-0.3, -0.25) is 4.79 Å². The fourth-order valence-corrected chi connectivity index (χ4v) is 2.96. The summed E-state index contributed by atoms with van der Waals surface area (Å²) >= 11 is 7.01. The zero-order valence-corrected chi connectivity index (χ0v) is 13.0. The van der Waals surface area contributed by atoms with Crippen LogP contribution < -0.4 is 4.90 Å². The molecule has 0 atom stereocenters. The van der Waals surface area contributed by atoms with Crippen molar-refractivity contribution < 1.29 is 14.7 Å². The lowest BCUT2D eigenvalue weighted by Gasteiger charge is -2.15. The van der Waals surface area contributed by atoms with Crippen LogP contribution in [0.3, 0.4) is 0 Å². The van der Waals surface area contributed by atoms with Gasteiger partial charge in [-0.05, 0) is 17.7 Å². The van der Waals surface area contributed by atoms with Gasteiger partial charge in [0.15, 0.2) is 16.6 Å². The minimum Gasteiger partial charge on any atom is -0.476 e. The van der Waals surface area contributed by atoms with Crippen molar-refractivity contribution in [3.05, 3.63) is 45.4 Å².